The largest absolute Gasteiger partial charge is 0.481 e. The molecule has 0 fully saturated rings. The van der Waals surface area contributed by atoms with Gasteiger partial charge in [-0.2, -0.15) is 19.3 Å². The highest BCUT2D eigenvalue weighted by Crippen LogP contribution is 2.38. The zero-order valence-electron chi connectivity index (χ0n) is 24.9. The first-order valence-corrected chi connectivity index (χ1v) is 15.4. The Kier molecular flexibility index (Phi) is 7.14. The fourth-order valence-electron chi connectivity index (χ4n) is 6.40. The monoisotopic (exact) mass is 623 g/mol. The van der Waals surface area contributed by atoms with E-state index in [2.05, 4.69) is 15.2 Å². The van der Waals surface area contributed by atoms with Crippen molar-refractivity contribution in [1.82, 2.24) is 28.9 Å². The number of aromatic nitrogens is 6. The molecule has 4 aromatic rings. The molecule has 0 amide bonds. The maximum absolute atomic E-state index is 14.0. The van der Waals surface area contributed by atoms with Crippen LogP contribution in [-0.2, 0) is 30.0 Å². The summed E-state index contributed by atoms with van der Waals surface area (Å²) in [7, 11) is -0.949. The third-order valence-corrected chi connectivity index (χ3v) is 10.4. The number of methoxy groups -OCH3 is 1. The van der Waals surface area contributed by atoms with E-state index in [4.69, 9.17) is 9.72 Å². The fourth-order valence-corrected chi connectivity index (χ4v) is 8.13. The van der Waals surface area contributed by atoms with Crippen LogP contribution in [0.15, 0.2) is 47.7 Å². The van der Waals surface area contributed by atoms with E-state index >= 15 is 0 Å². The number of anilines is 1. The van der Waals surface area contributed by atoms with Crippen LogP contribution in [0.2, 0.25) is 0 Å². The maximum Gasteiger partial charge on any atom is 0.282 e. The smallest absolute Gasteiger partial charge is 0.282 e. The van der Waals surface area contributed by atoms with Crippen molar-refractivity contribution in [1.29, 1.82) is 0 Å². The Labute approximate surface area is 252 Å². The van der Waals surface area contributed by atoms with Crippen LogP contribution in [-0.4, -0.2) is 62.0 Å². The lowest BCUT2D eigenvalue weighted by Crippen LogP contribution is -2.39. The molecule has 0 bridgehead atoms. The number of alkyl halides is 2. The first kappa shape index (κ1) is 29.6. The average molecular weight is 624 g/mol. The zero-order chi connectivity index (χ0) is 31.6. The molecular formula is C30H31F2N7O4S. The van der Waals surface area contributed by atoms with Gasteiger partial charge in [0.05, 0.1) is 42.2 Å². The van der Waals surface area contributed by atoms with Crippen molar-refractivity contribution in [2.75, 3.05) is 18.6 Å². The summed E-state index contributed by atoms with van der Waals surface area (Å²) in [5.41, 5.74) is 3.48. The number of ether oxygens (including phenoxy) is 1. The lowest BCUT2D eigenvalue weighted by Gasteiger charge is -2.31. The van der Waals surface area contributed by atoms with Crippen LogP contribution in [0.3, 0.4) is 0 Å². The number of halogens is 2. The van der Waals surface area contributed by atoms with E-state index in [0.717, 1.165) is 15.2 Å². The van der Waals surface area contributed by atoms with Crippen LogP contribution in [0.25, 0.3) is 22.3 Å². The van der Waals surface area contributed by atoms with Gasteiger partial charge in [0.1, 0.15) is 16.3 Å². The van der Waals surface area contributed by atoms with E-state index in [0.29, 0.717) is 59.2 Å². The molecule has 0 saturated carbocycles. The molecule has 3 aromatic heterocycles. The van der Waals surface area contributed by atoms with Crippen molar-refractivity contribution in [2.45, 2.75) is 51.3 Å². The topological polar surface area (TPSA) is 125 Å². The SMILES string of the molecule is COc1nc(-c2cccc3c2cnn3S(=O)(=O)C2(C)C=C(C)C=C(C)C2)nc2c1CN(c1c(C=O)c(C(F)F)nn1C)CC2. The minimum Gasteiger partial charge on any atom is -0.481 e. The number of aldehydes is 1. The molecule has 0 N–H and O–H groups in total. The molecule has 44 heavy (non-hydrogen) atoms. The number of nitrogens with zero attached hydrogens (tertiary/aromatic N) is 7. The lowest BCUT2D eigenvalue weighted by molar-refractivity contribution is 0.110. The van der Waals surface area contributed by atoms with Gasteiger partial charge in [0.15, 0.2) is 12.1 Å². The van der Waals surface area contributed by atoms with E-state index in [-0.39, 0.29) is 23.8 Å². The molecule has 2 aliphatic rings. The number of aryl methyl sites for hydroxylation is 1. The molecule has 1 aliphatic carbocycles. The minimum absolute atomic E-state index is 0.153. The van der Waals surface area contributed by atoms with Gasteiger partial charge < -0.3 is 9.64 Å². The Hall–Kier alpha value is -4.46. The molecule has 1 atom stereocenters. The second kappa shape index (κ2) is 10.6. The summed E-state index contributed by atoms with van der Waals surface area (Å²) >= 11 is 0. The molecule has 1 aliphatic heterocycles. The standard InChI is InChI=1S/C30H31F2N7O4S/c1-17-11-18(2)13-30(3,12-17)44(41,42)39-24-8-6-7-19(20(24)14-33-39)27-34-23-9-10-38(15-21(23)28(35-27)43-5)29-22(16-40)25(26(31)32)36-37(29)4/h6-8,11-12,14,16,26H,9-10,13,15H2,1-5H3. The number of carbonyl (C=O) groups is 1. The number of allylic oxidation sites excluding steroid dienone is 3. The highest BCUT2D eigenvalue weighted by atomic mass is 32.2. The van der Waals surface area contributed by atoms with Gasteiger partial charge in [0, 0.05) is 31.0 Å². The number of fused-ring (bicyclic) bond motifs is 2. The predicted octanol–water partition coefficient (Wildman–Crippen LogP) is 4.78. The number of rotatable bonds is 7. The number of hydrogen-bond donors (Lipinski definition) is 0. The van der Waals surface area contributed by atoms with Gasteiger partial charge in [0.2, 0.25) is 5.88 Å². The van der Waals surface area contributed by atoms with Gasteiger partial charge in [-0.05, 0) is 33.3 Å². The maximum atomic E-state index is 14.0. The molecule has 1 aromatic carbocycles. The summed E-state index contributed by atoms with van der Waals surface area (Å²) in [4.78, 5) is 23.1. The molecule has 14 heteroatoms. The Morgan fingerprint density at radius 3 is 2.64 bits per heavy atom. The zero-order valence-corrected chi connectivity index (χ0v) is 25.7. The second-order valence-electron chi connectivity index (χ2n) is 11.4. The Morgan fingerprint density at radius 2 is 1.95 bits per heavy atom. The quantitative estimate of drug-likeness (QED) is 0.268. The van der Waals surface area contributed by atoms with Crippen molar-refractivity contribution in [3.05, 3.63) is 70.2 Å². The first-order chi connectivity index (χ1) is 20.9. The van der Waals surface area contributed by atoms with Crippen LogP contribution >= 0.6 is 0 Å². The van der Waals surface area contributed by atoms with E-state index < -0.39 is 26.9 Å². The number of hydrogen-bond acceptors (Lipinski definition) is 9. The summed E-state index contributed by atoms with van der Waals surface area (Å²) in [5.74, 6) is 0.908. The van der Waals surface area contributed by atoms with Crippen LogP contribution in [0, 0.1) is 0 Å². The van der Waals surface area contributed by atoms with Gasteiger partial charge in [-0.1, -0.05) is 35.4 Å². The predicted molar refractivity (Wildman–Crippen MR) is 160 cm³/mol. The normalized spacial score (nSPS) is 18.8. The van der Waals surface area contributed by atoms with Crippen molar-refractivity contribution < 1.29 is 26.7 Å². The van der Waals surface area contributed by atoms with Gasteiger partial charge in [-0.25, -0.2) is 22.2 Å². The van der Waals surface area contributed by atoms with Crippen molar-refractivity contribution >= 4 is 33.0 Å². The van der Waals surface area contributed by atoms with Gasteiger partial charge in [-0.3, -0.25) is 9.48 Å². The third kappa shape index (κ3) is 4.59. The van der Waals surface area contributed by atoms with Gasteiger partial charge in [0.25, 0.3) is 16.4 Å². The van der Waals surface area contributed by atoms with Crippen molar-refractivity contribution in [3.63, 3.8) is 0 Å². The van der Waals surface area contributed by atoms with Crippen molar-refractivity contribution in [3.8, 4) is 17.3 Å². The lowest BCUT2D eigenvalue weighted by atomic mass is 9.92. The third-order valence-electron chi connectivity index (χ3n) is 8.20. The molecule has 11 nitrogen and oxygen atoms in total. The average Bonchev–Trinajstić information content (AvgIpc) is 3.57. The fraction of sp³-hybridized carbons (Fsp3) is 0.367. The molecule has 230 valence electrons. The minimum atomic E-state index is -3.94. The molecule has 0 saturated heterocycles. The summed E-state index contributed by atoms with van der Waals surface area (Å²) in [5, 5.41) is 8.77. The summed E-state index contributed by atoms with van der Waals surface area (Å²) in [6.45, 7) is 6.10. The highest BCUT2D eigenvalue weighted by molar-refractivity contribution is 7.91. The Bertz CT molecular complexity index is 1980. The van der Waals surface area contributed by atoms with Crippen LogP contribution in [0.1, 0.15) is 60.9 Å². The second-order valence-corrected chi connectivity index (χ2v) is 13.6. The van der Waals surface area contributed by atoms with Crippen LogP contribution in [0.4, 0.5) is 14.6 Å². The number of benzene rings is 1. The van der Waals surface area contributed by atoms with E-state index in [1.807, 2.05) is 19.9 Å². The summed E-state index contributed by atoms with van der Waals surface area (Å²) < 4.78 is 61.9. The number of carbonyl (C=O) groups excluding carboxylic acids is 1. The molecule has 1 unspecified atom stereocenters. The van der Waals surface area contributed by atoms with Gasteiger partial charge in [-0.15, -0.1) is 0 Å². The molecule has 0 radical (unpaired) electrons. The summed E-state index contributed by atoms with van der Waals surface area (Å²) in [6.07, 6.45) is 3.54. The van der Waals surface area contributed by atoms with E-state index in [1.165, 1.54) is 25.0 Å². The van der Waals surface area contributed by atoms with Crippen LogP contribution < -0.4 is 9.64 Å². The Balaban J connectivity index is 1.40. The van der Waals surface area contributed by atoms with Crippen molar-refractivity contribution in [2.24, 2.45) is 7.05 Å². The molecule has 0 spiro atoms. The van der Waals surface area contributed by atoms with E-state index in [1.54, 1.807) is 36.1 Å². The molecule has 4 heterocycles. The Morgan fingerprint density at radius 1 is 1.18 bits per heavy atom. The highest BCUT2D eigenvalue weighted by Gasteiger charge is 2.41. The summed E-state index contributed by atoms with van der Waals surface area (Å²) in [6, 6.07) is 5.24. The molecule has 6 rings (SSSR count). The van der Waals surface area contributed by atoms with Gasteiger partial charge >= 0.3 is 0 Å². The first-order valence-electron chi connectivity index (χ1n) is 14.0. The van der Waals surface area contributed by atoms with Crippen LogP contribution in [0.5, 0.6) is 5.88 Å². The molecular weight excluding hydrogens is 592 g/mol. The van der Waals surface area contributed by atoms with E-state index in [9.17, 15) is 22.0 Å².